The lowest BCUT2D eigenvalue weighted by Crippen LogP contribution is -2.20. The molecule has 0 aromatic carbocycles. The topological polar surface area (TPSA) is 63.2 Å². The van der Waals surface area contributed by atoms with Crippen molar-refractivity contribution >= 4 is 11.6 Å². The Kier molecular flexibility index (Phi) is 8.10. The van der Waals surface area contributed by atoms with Gasteiger partial charge in [-0.05, 0) is 51.4 Å². The van der Waals surface area contributed by atoms with Gasteiger partial charge in [-0.15, -0.1) is 0 Å². The summed E-state index contributed by atoms with van der Waals surface area (Å²) >= 11 is 0. The fourth-order valence-corrected chi connectivity index (χ4v) is 4.15. The van der Waals surface area contributed by atoms with Crippen molar-refractivity contribution in [2.45, 2.75) is 91.2 Å². The average Bonchev–Trinajstić information content (AvgIpc) is 3.30. The summed E-state index contributed by atoms with van der Waals surface area (Å²) in [6, 6.07) is 2.47. The third-order valence-electron chi connectivity index (χ3n) is 6.20. The molecule has 31 heavy (non-hydrogen) atoms. The Labute approximate surface area is 187 Å². The molecule has 2 aromatic rings. The lowest BCUT2D eigenvalue weighted by Gasteiger charge is -2.22. The molecule has 0 radical (unpaired) electrons. The quantitative estimate of drug-likeness (QED) is 0.530. The Balaban J connectivity index is 2.07. The molecule has 170 valence electrons. The monoisotopic (exact) mass is 425 g/mol. The Bertz CT molecular complexity index is 857. The van der Waals surface area contributed by atoms with E-state index in [4.69, 9.17) is 14.7 Å². The summed E-state index contributed by atoms with van der Waals surface area (Å²) in [7, 11) is 4.01. The van der Waals surface area contributed by atoms with Gasteiger partial charge in [0.2, 0.25) is 0 Å². The van der Waals surface area contributed by atoms with E-state index in [0.717, 1.165) is 78.6 Å². The van der Waals surface area contributed by atoms with E-state index in [-0.39, 0.29) is 6.10 Å². The van der Waals surface area contributed by atoms with E-state index >= 15 is 0 Å². The van der Waals surface area contributed by atoms with Crippen molar-refractivity contribution in [1.29, 1.82) is 0 Å². The first-order chi connectivity index (χ1) is 15.0. The fraction of sp³-hybridized carbons (Fsp3) is 0.640. The van der Waals surface area contributed by atoms with Crippen molar-refractivity contribution in [3.63, 3.8) is 0 Å². The van der Waals surface area contributed by atoms with Gasteiger partial charge in [-0.3, -0.25) is 0 Å². The third-order valence-corrected chi connectivity index (χ3v) is 6.20. The average molecular weight is 426 g/mol. The Hall–Kier alpha value is -2.37. The number of hydrogen-bond acceptors (Lipinski definition) is 6. The van der Waals surface area contributed by atoms with E-state index in [9.17, 15) is 0 Å². The molecule has 6 heteroatoms. The molecule has 0 spiro atoms. The second-order valence-corrected chi connectivity index (χ2v) is 8.64. The molecule has 0 saturated heterocycles. The first-order valence-corrected chi connectivity index (χ1v) is 12.0. The van der Waals surface area contributed by atoms with Gasteiger partial charge in [-0.1, -0.05) is 27.7 Å². The maximum atomic E-state index is 6.50. The Morgan fingerprint density at radius 3 is 2.29 bits per heavy atom. The highest BCUT2D eigenvalue weighted by atomic mass is 16.5. The van der Waals surface area contributed by atoms with E-state index < -0.39 is 0 Å². The van der Waals surface area contributed by atoms with E-state index in [1.54, 1.807) is 0 Å². The van der Waals surface area contributed by atoms with Gasteiger partial charge < -0.3 is 15.0 Å². The zero-order valence-corrected chi connectivity index (χ0v) is 20.2. The number of pyridine rings is 1. The molecule has 2 aromatic heterocycles. The minimum atomic E-state index is 0.274. The van der Waals surface area contributed by atoms with Crippen molar-refractivity contribution < 1.29 is 4.74 Å². The lowest BCUT2D eigenvalue weighted by atomic mass is 10.1. The molecule has 1 saturated carbocycles. The van der Waals surface area contributed by atoms with E-state index in [0.29, 0.717) is 6.04 Å². The number of aryl methyl sites for hydroxylation is 2. The fourth-order valence-electron chi connectivity index (χ4n) is 4.15. The van der Waals surface area contributed by atoms with Crippen LogP contribution in [0.15, 0.2) is 12.3 Å². The van der Waals surface area contributed by atoms with Crippen LogP contribution in [-0.2, 0) is 12.8 Å². The number of anilines is 2. The van der Waals surface area contributed by atoms with Crippen LogP contribution in [-0.4, -0.2) is 41.2 Å². The molecule has 1 fully saturated rings. The largest absolute Gasteiger partial charge is 0.490 e. The molecule has 6 nitrogen and oxygen atoms in total. The van der Waals surface area contributed by atoms with Crippen LogP contribution >= 0.6 is 0 Å². The van der Waals surface area contributed by atoms with Gasteiger partial charge in [-0.25, -0.2) is 15.0 Å². The summed E-state index contributed by atoms with van der Waals surface area (Å²) in [5.41, 5.74) is 3.84. The maximum absolute atomic E-state index is 6.50. The number of hydrogen-bond donors (Lipinski definition) is 1. The number of aromatic nitrogens is 3. The van der Waals surface area contributed by atoms with Crippen molar-refractivity contribution in [3.8, 4) is 17.0 Å². The predicted molar refractivity (Wildman–Crippen MR) is 129 cm³/mol. The SMILES string of the molecule is CCc1nc(-c2cnc(N(C)C)cc2OC2CCCC2)c(CC)nc1NC(CC)CC. The normalized spacial score (nSPS) is 14.3. The van der Waals surface area contributed by atoms with Crippen LogP contribution in [0.2, 0.25) is 0 Å². The molecule has 1 N–H and O–H groups in total. The van der Waals surface area contributed by atoms with Crippen molar-refractivity contribution in [2.24, 2.45) is 0 Å². The summed E-state index contributed by atoms with van der Waals surface area (Å²) in [5, 5.41) is 3.62. The predicted octanol–water partition coefficient (Wildman–Crippen LogP) is 5.65. The number of nitrogens with one attached hydrogen (secondary N) is 1. The number of ether oxygens (including phenoxy) is 1. The molecule has 1 aliphatic carbocycles. The molecule has 0 atom stereocenters. The highest BCUT2D eigenvalue weighted by molar-refractivity contribution is 5.71. The zero-order valence-electron chi connectivity index (χ0n) is 20.2. The Morgan fingerprint density at radius 1 is 1.03 bits per heavy atom. The van der Waals surface area contributed by atoms with Gasteiger partial charge in [0.05, 0.1) is 28.7 Å². The summed E-state index contributed by atoms with van der Waals surface area (Å²) in [5.74, 6) is 2.69. The molecular weight excluding hydrogens is 386 g/mol. The minimum absolute atomic E-state index is 0.274. The van der Waals surface area contributed by atoms with Crippen LogP contribution in [0.3, 0.4) is 0 Å². The standard InChI is InChI=1S/C25H39N5O/c1-7-17(8-2)27-25-21(10-4)28-24(20(9-3)29-25)19-16-26-23(30(5)6)15-22(19)31-18-13-11-12-14-18/h15-18H,7-14H2,1-6H3,(H,27,29). The molecule has 0 aliphatic heterocycles. The van der Waals surface area contributed by atoms with Crippen molar-refractivity contribution in [2.75, 3.05) is 24.3 Å². The van der Waals surface area contributed by atoms with E-state index in [2.05, 4.69) is 44.1 Å². The van der Waals surface area contributed by atoms with Gasteiger partial charge in [0.1, 0.15) is 17.4 Å². The molecule has 3 rings (SSSR count). The number of nitrogens with zero attached hydrogens (tertiary/aromatic N) is 4. The smallest absolute Gasteiger partial charge is 0.148 e. The Morgan fingerprint density at radius 2 is 1.71 bits per heavy atom. The third kappa shape index (κ3) is 5.46. The second kappa shape index (κ2) is 10.8. The molecule has 0 unspecified atom stereocenters. The van der Waals surface area contributed by atoms with E-state index in [1.165, 1.54) is 12.8 Å². The highest BCUT2D eigenvalue weighted by Crippen LogP contribution is 2.36. The van der Waals surface area contributed by atoms with Crippen LogP contribution in [0.5, 0.6) is 5.75 Å². The first kappa shape index (κ1) is 23.3. The number of rotatable bonds is 10. The summed E-state index contributed by atoms with van der Waals surface area (Å²) in [4.78, 5) is 16.8. The highest BCUT2D eigenvalue weighted by Gasteiger charge is 2.23. The van der Waals surface area contributed by atoms with Crippen molar-refractivity contribution in [3.05, 3.63) is 23.7 Å². The second-order valence-electron chi connectivity index (χ2n) is 8.64. The molecular formula is C25H39N5O. The first-order valence-electron chi connectivity index (χ1n) is 12.0. The van der Waals surface area contributed by atoms with E-state index in [1.807, 2.05) is 25.2 Å². The molecule has 1 aliphatic rings. The lowest BCUT2D eigenvalue weighted by molar-refractivity contribution is 0.211. The molecule has 0 amide bonds. The molecule has 2 heterocycles. The van der Waals surface area contributed by atoms with Crippen LogP contribution in [0.4, 0.5) is 11.6 Å². The van der Waals surface area contributed by atoms with Gasteiger partial charge >= 0.3 is 0 Å². The summed E-state index contributed by atoms with van der Waals surface area (Å²) in [6.45, 7) is 8.69. The minimum Gasteiger partial charge on any atom is -0.490 e. The summed E-state index contributed by atoms with van der Waals surface area (Å²) < 4.78 is 6.50. The molecule has 0 bridgehead atoms. The van der Waals surface area contributed by atoms with Gasteiger partial charge in [0.15, 0.2) is 0 Å². The van der Waals surface area contributed by atoms with Gasteiger partial charge in [0, 0.05) is 32.4 Å². The van der Waals surface area contributed by atoms with Crippen LogP contribution in [0.25, 0.3) is 11.3 Å². The maximum Gasteiger partial charge on any atom is 0.148 e. The van der Waals surface area contributed by atoms with Gasteiger partial charge in [0.25, 0.3) is 0 Å². The van der Waals surface area contributed by atoms with Crippen LogP contribution in [0.1, 0.15) is 77.6 Å². The van der Waals surface area contributed by atoms with Crippen LogP contribution in [0, 0.1) is 0 Å². The zero-order chi connectivity index (χ0) is 22.4. The summed E-state index contributed by atoms with van der Waals surface area (Å²) in [6.07, 6.45) is 10.7. The van der Waals surface area contributed by atoms with Crippen LogP contribution < -0.4 is 15.0 Å². The van der Waals surface area contributed by atoms with Gasteiger partial charge in [-0.2, -0.15) is 0 Å². The van der Waals surface area contributed by atoms with Crippen molar-refractivity contribution in [1.82, 2.24) is 15.0 Å².